The molecule has 0 heterocycles. The van der Waals surface area contributed by atoms with Gasteiger partial charge in [-0.15, -0.1) is 8.58 Å². The fraction of sp³-hybridized carbons (Fsp3) is 1.00. The van der Waals surface area contributed by atoms with Gasteiger partial charge in [-0.1, -0.05) is 91.4 Å². The van der Waals surface area contributed by atoms with E-state index in [1.54, 1.807) is 0 Å². The zero-order chi connectivity index (χ0) is 13.5. The Kier molecular flexibility index (Phi) is 15.9. The van der Waals surface area contributed by atoms with Crippen LogP contribution in [-0.2, 0) is 0 Å². The lowest BCUT2D eigenvalue weighted by atomic mass is 10.1. The summed E-state index contributed by atoms with van der Waals surface area (Å²) in [5, 5.41) is 0. The van der Waals surface area contributed by atoms with Crippen LogP contribution in [0.4, 0.5) is 0 Å². The van der Waals surface area contributed by atoms with E-state index in [1.165, 1.54) is 91.8 Å². The minimum Gasteiger partial charge on any atom is -0.119 e. The minimum absolute atomic E-state index is 0.928. The van der Waals surface area contributed by atoms with Crippen molar-refractivity contribution in [1.82, 2.24) is 0 Å². The summed E-state index contributed by atoms with van der Waals surface area (Å²) in [4.78, 5) is 0. The molecule has 0 saturated carbocycles. The SMILES string of the molecule is CCCCCCCCCCCCCCPC(C)C. The molecular formula is C17H37P. The van der Waals surface area contributed by atoms with Gasteiger partial charge >= 0.3 is 0 Å². The summed E-state index contributed by atoms with van der Waals surface area (Å²) in [6.45, 7) is 6.99. The molecule has 1 heteroatoms. The maximum atomic E-state index is 2.35. The summed E-state index contributed by atoms with van der Waals surface area (Å²) in [5.74, 6) is 0. The van der Waals surface area contributed by atoms with Gasteiger partial charge in [0.1, 0.15) is 0 Å². The number of hydrogen-bond donors (Lipinski definition) is 0. The molecule has 0 aliphatic carbocycles. The molecule has 0 fully saturated rings. The van der Waals surface area contributed by atoms with Gasteiger partial charge in [0.25, 0.3) is 0 Å². The normalized spacial score (nSPS) is 12.0. The molecule has 0 aromatic carbocycles. The minimum atomic E-state index is 0.928. The third kappa shape index (κ3) is 16.4. The van der Waals surface area contributed by atoms with Crippen LogP contribution in [0.25, 0.3) is 0 Å². The molecule has 0 N–H and O–H groups in total. The van der Waals surface area contributed by atoms with E-state index in [-0.39, 0.29) is 0 Å². The highest BCUT2D eigenvalue weighted by molar-refractivity contribution is 7.38. The molecule has 0 aromatic rings. The molecule has 0 spiro atoms. The number of hydrogen-bond acceptors (Lipinski definition) is 0. The van der Waals surface area contributed by atoms with E-state index in [4.69, 9.17) is 0 Å². The molecule has 0 bridgehead atoms. The van der Waals surface area contributed by atoms with E-state index in [1.807, 2.05) is 0 Å². The second-order valence-electron chi connectivity index (χ2n) is 6.00. The van der Waals surface area contributed by atoms with Crippen LogP contribution in [0.5, 0.6) is 0 Å². The Hall–Kier alpha value is 0.430. The molecule has 0 aliphatic rings. The zero-order valence-corrected chi connectivity index (χ0v) is 14.3. The van der Waals surface area contributed by atoms with Gasteiger partial charge in [-0.25, -0.2) is 0 Å². The summed E-state index contributed by atoms with van der Waals surface area (Å²) < 4.78 is 0. The quantitative estimate of drug-likeness (QED) is 0.242. The van der Waals surface area contributed by atoms with Crippen LogP contribution in [0.3, 0.4) is 0 Å². The van der Waals surface area contributed by atoms with E-state index in [2.05, 4.69) is 20.8 Å². The third-order valence-corrected chi connectivity index (χ3v) is 5.04. The molecule has 0 rings (SSSR count). The number of unbranched alkanes of at least 4 members (excludes halogenated alkanes) is 11. The van der Waals surface area contributed by atoms with Gasteiger partial charge in [-0.2, -0.15) is 0 Å². The first-order valence-corrected chi connectivity index (χ1v) is 9.79. The Bertz CT molecular complexity index is 143. The van der Waals surface area contributed by atoms with Crippen molar-refractivity contribution in [1.29, 1.82) is 0 Å². The van der Waals surface area contributed by atoms with Crippen LogP contribution >= 0.6 is 8.58 Å². The van der Waals surface area contributed by atoms with E-state index >= 15 is 0 Å². The average molecular weight is 272 g/mol. The maximum absolute atomic E-state index is 2.35. The van der Waals surface area contributed by atoms with Crippen molar-refractivity contribution in [3.63, 3.8) is 0 Å². The van der Waals surface area contributed by atoms with Crippen molar-refractivity contribution in [3.8, 4) is 0 Å². The highest BCUT2D eigenvalue weighted by Gasteiger charge is 1.95. The first-order valence-electron chi connectivity index (χ1n) is 8.50. The Labute approximate surface area is 118 Å². The molecule has 110 valence electrons. The van der Waals surface area contributed by atoms with E-state index < -0.39 is 0 Å². The van der Waals surface area contributed by atoms with Crippen LogP contribution in [-0.4, -0.2) is 11.8 Å². The summed E-state index contributed by atoms with van der Waals surface area (Å²) >= 11 is 0. The molecule has 0 aromatic heterocycles. The second kappa shape index (κ2) is 15.5. The smallest absolute Gasteiger partial charge is 0.0294 e. The van der Waals surface area contributed by atoms with Crippen LogP contribution in [0, 0.1) is 0 Å². The van der Waals surface area contributed by atoms with E-state index in [0.717, 1.165) is 5.66 Å². The molecule has 0 saturated heterocycles. The average Bonchev–Trinajstić information content (AvgIpc) is 2.34. The van der Waals surface area contributed by atoms with E-state index in [0.29, 0.717) is 0 Å². The Morgan fingerprint density at radius 3 is 1.39 bits per heavy atom. The lowest BCUT2D eigenvalue weighted by Crippen LogP contribution is -1.87. The van der Waals surface area contributed by atoms with Gasteiger partial charge in [-0.3, -0.25) is 0 Å². The van der Waals surface area contributed by atoms with Crippen LogP contribution < -0.4 is 0 Å². The van der Waals surface area contributed by atoms with Gasteiger partial charge in [-0.05, 0) is 18.2 Å². The van der Waals surface area contributed by atoms with Crippen molar-refractivity contribution in [2.45, 2.75) is 103 Å². The lowest BCUT2D eigenvalue weighted by molar-refractivity contribution is 0.548. The lowest BCUT2D eigenvalue weighted by Gasteiger charge is -2.05. The van der Waals surface area contributed by atoms with Crippen LogP contribution in [0.2, 0.25) is 0 Å². The predicted molar refractivity (Wildman–Crippen MR) is 89.4 cm³/mol. The number of rotatable bonds is 14. The summed E-state index contributed by atoms with van der Waals surface area (Å²) in [5.41, 5.74) is 0.928. The highest BCUT2D eigenvalue weighted by atomic mass is 31.1. The predicted octanol–water partition coefficient (Wildman–Crippen LogP) is 6.77. The Morgan fingerprint density at radius 2 is 1.00 bits per heavy atom. The topological polar surface area (TPSA) is 0 Å². The van der Waals surface area contributed by atoms with Crippen LogP contribution in [0.1, 0.15) is 97.8 Å². The maximum Gasteiger partial charge on any atom is -0.0294 e. The van der Waals surface area contributed by atoms with Crippen molar-refractivity contribution >= 4 is 8.58 Å². The highest BCUT2D eigenvalue weighted by Crippen LogP contribution is 2.20. The van der Waals surface area contributed by atoms with Gasteiger partial charge in [0.2, 0.25) is 0 Å². The third-order valence-electron chi connectivity index (χ3n) is 3.58. The van der Waals surface area contributed by atoms with Gasteiger partial charge in [0.15, 0.2) is 0 Å². The second-order valence-corrected chi connectivity index (χ2v) is 8.06. The standard InChI is InChI=1S/C17H37P/c1-4-5-6-7-8-9-10-11-12-13-14-15-16-18-17(2)3/h17-18H,4-16H2,1-3H3. The van der Waals surface area contributed by atoms with Gasteiger partial charge in [0, 0.05) is 0 Å². The first-order chi connectivity index (χ1) is 8.77. The molecule has 0 amide bonds. The monoisotopic (exact) mass is 272 g/mol. The van der Waals surface area contributed by atoms with Crippen molar-refractivity contribution in [2.24, 2.45) is 0 Å². The Balaban J connectivity index is 2.90. The molecule has 1 atom stereocenters. The molecule has 18 heavy (non-hydrogen) atoms. The fourth-order valence-electron chi connectivity index (χ4n) is 2.36. The largest absolute Gasteiger partial charge is 0.119 e. The molecule has 1 unspecified atom stereocenters. The van der Waals surface area contributed by atoms with Crippen LogP contribution in [0.15, 0.2) is 0 Å². The summed E-state index contributed by atoms with van der Waals surface area (Å²) in [7, 11) is 1.20. The van der Waals surface area contributed by atoms with Crippen molar-refractivity contribution in [2.75, 3.05) is 6.16 Å². The summed E-state index contributed by atoms with van der Waals surface area (Å²) in [6.07, 6.45) is 19.1. The van der Waals surface area contributed by atoms with Gasteiger partial charge < -0.3 is 0 Å². The first kappa shape index (κ1) is 18.4. The molecule has 0 radical (unpaired) electrons. The Morgan fingerprint density at radius 1 is 0.611 bits per heavy atom. The van der Waals surface area contributed by atoms with Crippen molar-refractivity contribution in [3.05, 3.63) is 0 Å². The fourth-order valence-corrected chi connectivity index (χ4v) is 3.39. The van der Waals surface area contributed by atoms with E-state index in [9.17, 15) is 0 Å². The molecular weight excluding hydrogens is 235 g/mol. The summed E-state index contributed by atoms with van der Waals surface area (Å²) in [6, 6.07) is 0. The van der Waals surface area contributed by atoms with Gasteiger partial charge in [0.05, 0.1) is 0 Å². The van der Waals surface area contributed by atoms with Crippen molar-refractivity contribution < 1.29 is 0 Å². The molecule has 0 aliphatic heterocycles. The molecule has 0 nitrogen and oxygen atoms in total. The zero-order valence-electron chi connectivity index (χ0n) is 13.3.